The first-order chi connectivity index (χ1) is 11.8. The quantitative estimate of drug-likeness (QED) is 0.905. The average molecular weight is 366 g/mol. The van der Waals surface area contributed by atoms with Crippen molar-refractivity contribution in [2.24, 2.45) is 11.7 Å². The Morgan fingerprint density at radius 3 is 2.44 bits per heavy atom. The molecule has 0 aromatic heterocycles. The van der Waals surface area contributed by atoms with Crippen molar-refractivity contribution in [2.75, 3.05) is 19.6 Å². The van der Waals surface area contributed by atoms with E-state index in [1.165, 1.54) is 11.2 Å². The van der Waals surface area contributed by atoms with Crippen LogP contribution in [0.3, 0.4) is 0 Å². The summed E-state index contributed by atoms with van der Waals surface area (Å²) in [5.41, 5.74) is 6.89. The fourth-order valence-corrected chi connectivity index (χ4v) is 4.89. The number of nitrogens with zero attached hydrogens (tertiary/aromatic N) is 1. The molecule has 0 radical (unpaired) electrons. The van der Waals surface area contributed by atoms with Gasteiger partial charge in [0, 0.05) is 19.0 Å². The summed E-state index contributed by atoms with van der Waals surface area (Å²) >= 11 is 0. The fraction of sp³-hybridized carbons (Fsp3) is 0.333. The highest BCUT2D eigenvalue weighted by Gasteiger charge is 2.40. The van der Waals surface area contributed by atoms with Crippen LogP contribution in [0.4, 0.5) is 8.78 Å². The van der Waals surface area contributed by atoms with Crippen LogP contribution in [0.25, 0.3) is 0 Å². The molecule has 1 aliphatic heterocycles. The molecule has 1 saturated heterocycles. The van der Waals surface area contributed by atoms with Crippen molar-refractivity contribution in [1.29, 1.82) is 0 Å². The number of aryl methyl sites for hydroxylation is 1. The van der Waals surface area contributed by atoms with Crippen LogP contribution < -0.4 is 5.73 Å². The van der Waals surface area contributed by atoms with Crippen LogP contribution >= 0.6 is 0 Å². The number of sulfonamides is 1. The number of hydrogen-bond acceptors (Lipinski definition) is 3. The Kier molecular flexibility index (Phi) is 4.90. The Hall–Kier alpha value is -1.83. The van der Waals surface area contributed by atoms with Gasteiger partial charge in [-0.25, -0.2) is 17.2 Å². The van der Waals surface area contributed by atoms with E-state index in [9.17, 15) is 17.2 Å². The van der Waals surface area contributed by atoms with E-state index in [0.29, 0.717) is 6.54 Å². The maximum Gasteiger partial charge on any atom is 0.246 e. The second kappa shape index (κ2) is 6.82. The van der Waals surface area contributed by atoms with Gasteiger partial charge in [0.25, 0.3) is 0 Å². The maximum atomic E-state index is 14.2. The standard InChI is InChI=1S/C18H20F2N2O2S/c1-12-7-17(20)18(8-16(12)19)25(23,24)22-10-14(9-21)15(11-22)13-5-3-2-4-6-13/h2-8,14-15H,9-11,21H2,1H3/t14-,15+/m1/s1. The van der Waals surface area contributed by atoms with E-state index in [-0.39, 0.29) is 30.5 Å². The zero-order chi connectivity index (χ0) is 18.2. The molecule has 4 nitrogen and oxygen atoms in total. The van der Waals surface area contributed by atoms with Crippen LogP contribution in [0.2, 0.25) is 0 Å². The third kappa shape index (κ3) is 3.31. The molecule has 0 saturated carbocycles. The monoisotopic (exact) mass is 366 g/mol. The molecule has 25 heavy (non-hydrogen) atoms. The molecule has 134 valence electrons. The molecule has 0 unspecified atom stereocenters. The lowest BCUT2D eigenvalue weighted by atomic mass is 9.89. The molecule has 1 fully saturated rings. The van der Waals surface area contributed by atoms with Gasteiger partial charge in [0.1, 0.15) is 16.5 Å². The van der Waals surface area contributed by atoms with Crippen molar-refractivity contribution in [2.45, 2.75) is 17.7 Å². The molecular formula is C18H20F2N2O2S. The maximum absolute atomic E-state index is 14.2. The Labute approximate surface area is 146 Å². The van der Waals surface area contributed by atoms with Gasteiger partial charge in [0.15, 0.2) is 0 Å². The summed E-state index contributed by atoms with van der Waals surface area (Å²) in [4.78, 5) is -0.625. The summed E-state index contributed by atoms with van der Waals surface area (Å²) < 4.78 is 54.8. The van der Waals surface area contributed by atoms with Gasteiger partial charge in [0.05, 0.1) is 0 Å². The van der Waals surface area contributed by atoms with E-state index >= 15 is 0 Å². The van der Waals surface area contributed by atoms with E-state index in [2.05, 4.69) is 0 Å². The second-order valence-electron chi connectivity index (χ2n) is 6.37. The molecule has 1 aliphatic rings. The molecule has 2 aromatic rings. The van der Waals surface area contributed by atoms with Crippen molar-refractivity contribution in [3.63, 3.8) is 0 Å². The van der Waals surface area contributed by atoms with E-state index in [4.69, 9.17) is 5.73 Å². The lowest BCUT2D eigenvalue weighted by molar-refractivity contribution is 0.451. The molecule has 0 bridgehead atoms. The number of nitrogens with two attached hydrogens (primary N) is 1. The first kappa shape index (κ1) is 18.0. The molecule has 0 spiro atoms. The summed E-state index contributed by atoms with van der Waals surface area (Å²) in [5, 5.41) is 0. The molecule has 2 N–H and O–H groups in total. The van der Waals surface area contributed by atoms with E-state index in [0.717, 1.165) is 17.7 Å². The van der Waals surface area contributed by atoms with Crippen LogP contribution in [0.5, 0.6) is 0 Å². The molecule has 0 amide bonds. The van der Waals surface area contributed by atoms with E-state index in [1.54, 1.807) is 0 Å². The molecule has 7 heteroatoms. The first-order valence-electron chi connectivity index (χ1n) is 8.05. The minimum atomic E-state index is -4.13. The molecule has 0 aliphatic carbocycles. The highest BCUT2D eigenvalue weighted by atomic mass is 32.2. The molecule has 2 atom stereocenters. The molecule has 1 heterocycles. The van der Waals surface area contributed by atoms with Crippen LogP contribution in [-0.2, 0) is 10.0 Å². The average Bonchev–Trinajstić information content (AvgIpc) is 3.04. The Balaban J connectivity index is 1.95. The van der Waals surface area contributed by atoms with Gasteiger partial charge in [-0.15, -0.1) is 0 Å². The van der Waals surface area contributed by atoms with Gasteiger partial charge >= 0.3 is 0 Å². The van der Waals surface area contributed by atoms with Crippen LogP contribution in [0.1, 0.15) is 17.0 Å². The van der Waals surface area contributed by atoms with Crippen molar-refractivity contribution in [3.05, 3.63) is 65.2 Å². The SMILES string of the molecule is Cc1cc(F)c(S(=O)(=O)N2C[C@@H](CN)[C@H](c3ccccc3)C2)cc1F. The summed E-state index contributed by atoms with van der Waals surface area (Å²) in [6.45, 7) is 2.09. The predicted molar refractivity (Wildman–Crippen MR) is 91.6 cm³/mol. The minimum Gasteiger partial charge on any atom is -0.330 e. The summed E-state index contributed by atoms with van der Waals surface area (Å²) in [6.07, 6.45) is 0. The smallest absolute Gasteiger partial charge is 0.246 e. The number of halogens is 2. The highest BCUT2D eigenvalue weighted by Crippen LogP contribution is 2.35. The third-order valence-corrected chi connectivity index (χ3v) is 6.62. The van der Waals surface area contributed by atoms with Gasteiger partial charge in [-0.2, -0.15) is 4.31 Å². The summed E-state index contributed by atoms with van der Waals surface area (Å²) in [7, 11) is -4.13. The molecule has 2 aromatic carbocycles. The lowest BCUT2D eigenvalue weighted by Crippen LogP contribution is -2.30. The van der Waals surface area contributed by atoms with Crippen LogP contribution in [-0.4, -0.2) is 32.4 Å². The molecular weight excluding hydrogens is 346 g/mol. The zero-order valence-electron chi connectivity index (χ0n) is 13.8. The van der Waals surface area contributed by atoms with Crippen LogP contribution in [0.15, 0.2) is 47.4 Å². The van der Waals surface area contributed by atoms with Crippen molar-refractivity contribution >= 4 is 10.0 Å². The lowest BCUT2D eigenvalue weighted by Gasteiger charge is -2.17. The normalized spacial score (nSPS) is 21.6. The number of hydrogen-bond donors (Lipinski definition) is 1. The zero-order valence-corrected chi connectivity index (χ0v) is 14.6. The topological polar surface area (TPSA) is 63.4 Å². The van der Waals surface area contributed by atoms with Gasteiger partial charge in [-0.1, -0.05) is 30.3 Å². The second-order valence-corrected chi connectivity index (χ2v) is 8.27. The first-order valence-corrected chi connectivity index (χ1v) is 9.49. The summed E-state index contributed by atoms with van der Waals surface area (Å²) in [6, 6.07) is 11.2. The summed E-state index contributed by atoms with van der Waals surface area (Å²) in [5.74, 6) is -1.82. The Bertz CT molecular complexity index is 872. The third-order valence-electron chi connectivity index (χ3n) is 4.77. The van der Waals surface area contributed by atoms with Crippen molar-refractivity contribution < 1.29 is 17.2 Å². The van der Waals surface area contributed by atoms with Gasteiger partial charge in [0.2, 0.25) is 10.0 Å². The minimum absolute atomic E-state index is 0.0693. The van der Waals surface area contributed by atoms with E-state index in [1.807, 2.05) is 30.3 Å². The largest absolute Gasteiger partial charge is 0.330 e. The number of rotatable bonds is 4. The fourth-order valence-electron chi connectivity index (χ4n) is 3.31. The van der Waals surface area contributed by atoms with Gasteiger partial charge in [-0.05, 0) is 42.6 Å². The Morgan fingerprint density at radius 2 is 1.80 bits per heavy atom. The van der Waals surface area contributed by atoms with Gasteiger partial charge < -0.3 is 5.73 Å². The predicted octanol–water partition coefficient (Wildman–Crippen LogP) is 2.64. The van der Waals surface area contributed by atoms with E-state index < -0.39 is 26.6 Å². The van der Waals surface area contributed by atoms with Crippen LogP contribution in [0, 0.1) is 24.5 Å². The number of benzene rings is 2. The van der Waals surface area contributed by atoms with Crippen molar-refractivity contribution in [1.82, 2.24) is 4.31 Å². The highest BCUT2D eigenvalue weighted by molar-refractivity contribution is 7.89. The molecule has 3 rings (SSSR count). The Morgan fingerprint density at radius 1 is 1.12 bits per heavy atom. The van der Waals surface area contributed by atoms with Gasteiger partial charge in [-0.3, -0.25) is 0 Å². The van der Waals surface area contributed by atoms with Crippen molar-refractivity contribution in [3.8, 4) is 0 Å².